The molecule has 3 rings (SSSR count). The van der Waals surface area contributed by atoms with Crippen LogP contribution in [0.5, 0.6) is 11.5 Å². The summed E-state index contributed by atoms with van der Waals surface area (Å²) >= 11 is 0. The average Bonchev–Trinajstić information content (AvgIpc) is 2.93. The predicted molar refractivity (Wildman–Crippen MR) is 144 cm³/mol. The highest BCUT2D eigenvalue weighted by molar-refractivity contribution is 5.92. The highest BCUT2D eigenvalue weighted by Crippen LogP contribution is 2.20. The molecule has 0 saturated heterocycles. The maximum atomic E-state index is 11.5. The van der Waals surface area contributed by atoms with Crippen LogP contribution in [0, 0.1) is 0 Å². The summed E-state index contributed by atoms with van der Waals surface area (Å²) in [6.07, 6.45) is -0.706. The van der Waals surface area contributed by atoms with E-state index in [1.54, 1.807) is 12.1 Å². The second kappa shape index (κ2) is 15.0. The topological polar surface area (TPSA) is 126 Å². The van der Waals surface area contributed by atoms with Crippen molar-refractivity contribution in [1.29, 1.82) is 0 Å². The van der Waals surface area contributed by atoms with Crippen molar-refractivity contribution in [3.63, 3.8) is 0 Å². The summed E-state index contributed by atoms with van der Waals surface area (Å²) in [6.45, 7) is 3.07. The molecule has 4 atom stereocenters. The van der Waals surface area contributed by atoms with Crippen LogP contribution in [0.4, 0.5) is 0 Å². The smallest absolute Gasteiger partial charge is 0.248 e. The Bertz CT molecular complexity index is 1050. The number of carbonyl (C=O) groups excluding carboxylic acids is 1. The highest BCUT2D eigenvalue weighted by atomic mass is 16.5. The predicted octanol–water partition coefficient (Wildman–Crippen LogP) is 2.66. The number of amides is 1. The minimum Gasteiger partial charge on any atom is -0.491 e. The first-order valence-corrected chi connectivity index (χ1v) is 12.5. The highest BCUT2D eigenvalue weighted by Gasteiger charge is 2.18. The Morgan fingerprint density at radius 3 is 1.76 bits per heavy atom. The van der Waals surface area contributed by atoms with Gasteiger partial charge in [0.15, 0.2) is 0 Å². The van der Waals surface area contributed by atoms with E-state index in [1.165, 1.54) is 0 Å². The number of rotatable bonds is 16. The number of carbonyl (C=O) groups is 1. The Hall–Kier alpha value is -3.43. The molecule has 3 aromatic carbocycles. The molecule has 0 aliphatic heterocycles. The van der Waals surface area contributed by atoms with Gasteiger partial charge in [-0.15, -0.1) is 0 Å². The molecule has 0 aromatic heterocycles. The SMILES string of the molecule is CC(CC(NCC(O)COc1ccccc1)c1ccc(C(N)=O)cc1)NCC(O)COc1ccccc1. The van der Waals surface area contributed by atoms with Gasteiger partial charge in [-0.1, -0.05) is 48.5 Å². The van der Waals surface area contributed by atoms with Crippen LogP contribution < -0.4 is 25.8 Å². The number of nitrogens with one attached hydrogen (secondary N) is 2. The number of hydrogen-bond donors (Lipinski definition) is 5. The number of benzene rings is 3. The van der Waals surface area contributed by atoms with Crippen molar-refractivity contribution in [1.82, 2.24) is 10.6 Å². The lowest BCUT2D eigenvalue weighted by atomic mass is 9.98. The Labute approximate surface area is 218 Å². The first kappa shape index (κ1) is 28.1. The fourth-order valence-corrected chi connectivity index (χ4v) is 3.81. The van der Waals surface area contributed by atoms with E-state index in [2.05, 4.69) is 10.6 Å². The van der Waals surface area contributed by atoms with Crippen molar-refractivity contribution in [3.05, 3.63) is 96.1 Å². The van der Waals surface area contributed by atoms with Gasteiger partial charge < -0.3 is 36.1 Å². The van der Waals surface area contributed by atoms with Gasteiger partial charge >= 0.3 is 0 Å². The van der Waals surface area contributed by atoms with E-state index < -0.39 is 18.1 Å². The van der Waals surface area contributed by atoms with Gasteiger partial charge in [-0.05, 0) is 55.3 Å². The second-order valence-electron chi connectivity index (χ2n) is 9.05. The molecule has 0 aliphatic carbocycles. The van der Waals surface area contributed by atoms with Crippen LogP contribution >= 0.6 is 0 Å². The van der Waals surface area contributed by atoms with Crippen molar-refractivity contribution in [2.24, 2.45) is 5.73 Å². The summed E-state index contributed by atoms with van der Waals surface area (Å²) in [6, 6.07) is 25.8. The molecule has 4 unspecified atom stereocenters. The average molecular weight is 508 g/mol. The zero-order valence-corrected chi connectivity index (χ0v) is 21.1. The number of aliphatic hydroxyl groups is 2. The second-order valence-corrected chi connectivity index (χ2v) is 9.05. The molecule has 0 fully saturated rings. The molecule has 8 heteroatoms. The first-order chi connectivity index (χ1) is 17.9. The summed E-state index contributed by atoms with van der Waals surface area (Å²) in [4.78, 5) is 11.5. The minimum absolute atomic E-state index is 0.0393. The van der Waals surface area contributed by atoms with Crippen LogP contribution in [-0.4, -0.2) is 60.7 Å². The van der Waals surface area contributed by atoms with Crippen LogP contribution in [0.2, 0.25) is 0 Å². The Balaban J connectivity index is 1.52. The van der Waals surface area contributed by atoms with Gasteiger partial charge in [-0.2, -0.15) is 0 Å². The standard InChI is InChI=1S/C29H37N3O5/c1-21(31-17-24(33)19-36-26-8-4-2-5-9-26)16-28(22-12-14-23(15-13-22)29(30)35)32-18-25(34)20-37-27-10-6-3-7-11-27/h2-15,21,24-25,28,31-34H,16-20H2,1H3,(H2,30,35). The molecule has 0 aliphatic rings. The number of nitrogens with two attached hydrogens (primary N) is 1. The Kier molecular flexibility index (Phi) is 11.4. The Morgan fingerprint density at radius 2 is 1.27 bits per heavy atom. The molecule has 1 amide bonds. The third kappa shape index (κ3) is 10.2. The lowest BCUT2D eigenvalue weighted by Gasteiger charge is -2.26. The van der Waals surface area contributed by atoms with Crippen LogP contribution in [0.25, 0.3) is 0 Å². The Morgan fingerprint density at radius 1 is 0.784 bits per heavy atom. The molecule has 0 heterocycles. The van der Waals surface area contributed by atoms with Crippen molar-refractivity contribution < 1.29 is 24.5 Å². The summed E-state index contributed by atoms with van der Waals surface area (Å²) in [5.41, 5.74) is 6.78. The lowest BCUT2D eigenvalue weighted by molar-refractivity contribution is 0.0995. The lowest BCUT2D eigenvalue weighted by Crippen LogP contribution is -2.40. The maximum Gasteiger partial charge on any atom is 0.248 e. The molecule has 198 valence electrons. The van der Waals surface area contributed by atoms with E-state index in [4.69, 9.17) is 15.2 Å². The van der Waals surface area contributed by atoms with Crippen LogP contribution in [0.3, 0.4) is 0 Å². The first-order valence-electron chi connectivity index (χ1n) is 12.5. The maximum absolute atomic E-state index is 11.5. The van der Waals surface area contributed by atoms with Crippen molar-refractivity contribution in [3.8, 4) is 11.5 Å². The summed E-state index contributed by atoms with van der Waals surface area (Å²) in [7, 11) is 0. The van der Waals surface area contributed by atoms with Gasteiger partial charge in [0.05, 0.1) is 0 Å². The van der Waals surface area contributed by atoms with E-state index in [0.29, 0.717) is 36.6 Å². The van der Waals surface area contributed by atoms with Gasteiger partial charge in [0.2, 0.25) is 5.91 Å². The van der Waals surface area contributed by atoms with E-state index in [1.807, 2.05) is 79.7 Å². The molecular weight excluding hydrogens is 470 g/mol. The summed E-state index contributed by atoms with van der Waals surface area (Å²) < 4.78 is 11.3. The molecular formula is C29H37N3O5. The quantitative estimate of drug-likeness (QED) is 0.202. The van der Waals surface area contributed by atoms with Crippen LogP contribution in [0.1, 0.15) is 35.3 Å². The molecule has 0 bridgehead atoms. The normalized spacial score (nSPS) is 14.4. The number of para-hydroxylation sites is 2. The van der Waals surface area contributed by atoms with Gasteiger partial charge in [0, 0.05) is 30.7 Å². The number of primary amides is 1. The fraction of sp³-hybridized carbons (Fsp3) is 0.345. The van der Waals surface area contributed by atoms with E-state index in [0.717, 1.165) is 5.56 Å². The molecule has 3 aromatic rings. The molecule has 8 nitrogen and oxygen atoms in total. The third-order valence-corrected chi connectivity index (χ3v) is 5.86. The zero-order chi connectivity index (χ0) is 26.5. The van der Waals surface area contributed by atoms with Crippen molar-refractivity contribution in [2.45, 2.75) is 37.6 Å². The van der Waals surface area contributed by atoms with Gasteiger partial charge in [-0.25, -0.2) is 0 Å². The van der Waals surface area contributed by atoms with Crippen molar-refractivity contribution in [2.75, 3.05) is 26.3 Å². The van der Waals surface area contributed by atoms with Crippen LogP contribution in [0.15, 0.2) is 84.9 Å². The molecule has 0 spiro atoms. The summed E-state index contributed by atoms with van der Waals surface area (Å²) in [5.74, 6) is 0.937. The minimum atomic E-state index is -0.715. The van der Waals surface area contributed by atoms with E-state index >= 15 is 0 Å². The van der Waals surface area contributed by atoms with E-state index in [9.17, 15) is 15.0 Å². The molecule has 0 saturated carbocycles. The number of aliphatic hydroxyl groups excluding tert-OH is 2. The van der Waals surface area contributed by atoms with Gasteiger partial charge in [0.25, 0.3) is 0 Å². The largest absolute Gasteiger partial charge is 0.491 e. The third-order valence-electron chi connectivity index (χ3n) is 5.86. The fourth-order valence-electron chi connectivity index (χ4n) is 3.81. The molecule has 0 radical (unpaired) electrons. The molecule has 6 N–H and O–H groups in total. The van der Waals surface area contributed by atoms with Crippen LogP contribution in [-0.2, 0) is 0 Å². The molecule has 37 heavy (non-hydrogen) atoms. The summed E-state index contributed by atoms with van der Waals surface area (Å²) in [5, 5.41) is 27.6. The van der Waals surface area contributed by atoms with Crippen molar-refractivity contribution >= 4 is 5.91 Å². The zero-order valence-electron chi connectivity index (χ0n) is 21.1. The van der Waals surface area contributed by atoms with E-state index in [-0.39, 0.29) is 25.3 Å². The number of ether oxygens (including phenoxy) is 2. The number of hydrogen-bond acceptors (Lipinski definition) is 7. The van der Waals surface area contributed by atoms with Gasteiger partial charge in [-0.3, -0.25) is 4.79 Å². The monoisotopic (exact) mass is 507 g/mol. The van der Waals surface area contributed by atoms with Gasteiger partial charge in [0.1, 0.15) is 36.9 Å².